The van der Waals surface area contributed by atoms with Gasteiger partial charge < -0.3 is 9.84 Å². The van der Waals surface area contributed by atoms with E-state index in [1.54, 1.807) is 6.07 Å². The number of aromatic hydroxyl groups is 1. The van der Waals surface area contributed by atoms with Crippen molar-refractivity contribution in [2.24, 2.45) is 0 Å². The zero-order valence-corrected chi connectivity index (χ0v) is 9.63. The zero-order chi connectivity index (χ0) is 11.1. The number of rotatable bonds is 1. The lowest BCUT2D eigenvalue weighted by molar-refractivity contribution is 0.0602. The molecule has 1 atom stereocenters. The van der Waals surface area contributed by atoms with Crippen LogP contribution >= 0.6 is 0 Å². The van der Waals surface area contributed by atoms with Crippen LogP contribution in [0.3, 0.4) is 0 Å². The molecule has 2 rings (SSSR count). The van der Waals surface area contributed by atoms with Gasteiger partial charge in [-0.3, -0.25) is 0 Å². The van der Waals surface area contributed by atoms with Gasteiger partial charge in [0.2, 0.25) is 0 Å². The number of hydrogen-bond acceptors (Lipinski definition) is 2. The quantitative estimate of drug-likeness (QED) is 0.764. The second-order valence-corrected chi connectivity index (χ2v) is 4.66. The summed E-state index contributed by atoms with van der Waals surface area (Å²) < 4.78 is 6.04. The van der Waals surface area contributed by atoms with Gasteiger partial charge in [-0.25, -0.2) is 0 Å². The topological polar surface area (TPSA) is 29.5 Å². The Morgan fingerprint density at radius 2 is 2.20 bits per heavy atom. The minimum atomic E-state index is -0.0330. The van der Waals surface area contributed by atoms with Crippen LogP contribution in [0.1, 0.15) is 37.8 Å². The molecule has 1 aliphatic heterocycles. The summed E-state index contributed by atoms with van der Waals surface area (Å²) in [6.45, 7) is 6.29. The smallest absolute Gasteiger partial charge is 0.126 e. The van der Waals surface area contributed by atoms with E-state index in [-0.39, 0.29) is 5.60 Å². The van der Waals surface area contributed by atoms with E-state index in [1.807, 2.05) is 13.0 Å². The maximum Gasteiger partial charge on any atom is 0.126 e. The molecule has 2 nitrogen and oxygen atoms in total. The van der Waals surface area contributed by atoms with Crippen molar-refractivity contribution in [3.63, 3.8) is 0 Å². The van der Waals surface area contributed by atoms with Crippen LogP contribution in [0.15, 0.2) is 12.1 Å². The summed E-state index contributed by atoms with van der Waals surface area (Å²) in [5.74, 6) is 1.32. The lowest BCUT2D eigenvalue weighted by Gasteiger charge is -2.36. The van der Waals surface area contributed by atoms with Crippen molar-refractivity contribution in [1.82, 2.24) is 0 Å². The molecule has 0 radical (unpaired) electrons. The Kier molecular flexibility index (Phi) is 2.37. The molecule has 0 spiro atoms. The van der Waals surface area contributed by atoms with E-state index >= 15 is 0 Å². The molecule has 0 bridgehead atoms. The molecule has 1 unspecified atom stereocenters. The Morgan fingerprint density at radius 3 is 2.87 bits per heavy atom. The molecule has 1 N–H and O–H groups in total. The Labute approximate surface area is 90.9 Å². The second-order valence-electron chi connectivity index (χ2n) is 4.66. The summed E-state index contributed by atoms with van der Waals surface area (Å²) in [5, 5.41) is 9.50. The monoisotopic (exact) mass is 206 g/mol. The summed E-state index contributed by atoms with van der Waals surface area (Å²) in [6.07, 6.45) is 3.04. The van der Waals surface area contributed by atoms with Gasteiger partial charge >= 0.3 is 0 Å². The van der Waals surface area contributed by atoms with E-state index in [4.69, 9.17) is 4.74 Å². The molecule has 1 aromatic carbocycles. The van der Waals surface area contributed by atoms with Gasteiger partial charge in [0.05, 0.1) is 0 Å². The largest absolute Gasteiger partial charge is 0.508 e. The summed E-state index contributed by atoms with van der Waals surface area (Å²) >= 11 is 0. The lowest BCUT2D eigenvalue weighted by Crippen LogP contribution is -2.35. The number of phenols is 1. The molecule has 1 heterocycles. The molecule has 0 aliphatic carbocycles. The minimum absolute atomic E-state index is 0.0330. The predicted molar refractivity (Wildman–Crippen MR) is 60.5 cm³/mol. The first kappa shape index (κ1) is 10.3. The van der Waals surface area contributed by atoms with Crippen LogP contribution in [0.4, 0.5) is 0 Å². The third kappa shape index (κ3) is 1.81. The third-order valence-electron chi connectivity index (χ3n) is 3.36. The van der Waals surface area contributed by atoms with E-state index in [0.29, 0.717) is 5.75 Å². The highest BCUT2D eigenvalue weighted by molar-refractivity contribution is 5.47. The molecule has 0 saturated heterocycles. The summed E-state index contributed by atoms with van der Waals surface area (Å²) in [6, 6.07) is 3.58. The number of ether oxygens (including phenoxy) is 1. The van der Waals surface area contributed by atoms with Gasteiger partial charge in [0, 0.05) is 0 Å². The van der Waals surface area contributed by atoms with Crippen LogP contribution < -0.4 is 4.74 Å². The maximum absolute atomic E-state index is 9.50. The lowest BCUT2D eigenvalue weighted by atomic mass is 9.89. The summed E-state index contributed by atoms with van der Waals surface area (Å²) in [5.41, 5.74) is 2.14. The molecule has 1 aliphatic rings. The second kappa shape index (κ2) is 3.44. The van der Waals surface area contributed by atoms with Crippen molar-refractivity contribution in [3.05, 3.63) is 23.3 Å². The molecule has 15 heavy (non-hydrogen) atoms. The van der Waals surface area contributed by atoms with E-state index < -0.39 is 0 Å². The van der Waals surface area contributed by atoms with Crippen LogP contribution in [0.2, 0.25) is 0 Å². The number of fused-ring (bicyclic) bond motifs is 1. The molecule has 0 amide bonds. The molecule has 0 fully saturated rings. The summed E-state index contributed by atoms with van der Waals surface area (Å²) in [7, 11) is 0. The van der Waals surface area contributed by atoms with Gasteiger partial charge in [0.25, 0.3) is 0 Å². The third-order valence-corrected chi connectivity index (χ3v) is 3.36. The van der Waals surface area contributed by atoms with Crippen molar-refractivity contribution in [3.8, 4) is 11.5 Å². The van der Waals surface area contributed by atoms with E-state index in [9.17, 15) is 5.11 Å². The van der Waals surface area contributed by atoms with Crippen molar-refractivity contribution in [2.75, 3.05) is 0 Å². The molecule has 0 saturated carbocycles. The van der Waals surface area contributed by atoms with Crippen LogP contribution in [0.25, 0.3) is 0 Å². The van der Waals surface area contributed by atoms with Crippen molar-refractivity contribution < 1.29 is 9.84 Å². The normalized spacial score (nSPS) is 24.5. The van der Waals surface area contributed by atoms with Gasteiger partial charge in [-0.1, -0.05) is 6.92 Å². The molecule has 0 aromatic heterocycles. The van der Waals surface area contributed by atoms with Crippen molar-refractivity contribution >= 4 is 0 Å². The highest BCUT2D eigenvalue weighted by Crippen LogP contribution is 2.39. The first-order chi connectivity index (χ1) is 7.04. The van der Waals surface area contributed by atoms with E-state index in [1.165, 1.54) is 0 Å². The minimum Gasteiger partial charge on any atom is -0.508 e. The molecular weight excluding hydrogens is 188 g/mol. The van der Waals surface area contributed by atoms with Crippen LogP contribution in [-0.4, -0.2) is 10.7 Å². The Balaban J connectivity index is 2.42. The first-order valence-corrected chi connectivity index (χ1v) is 5.55. The van der Waals surface area contributed by atoms with Gasteiger partial charge in [-0.05, 0) is 56.4 Å². The van der Waals surface area contributed by atoms with E-state index in [0.717, 1.165) is 36.1 Å². The van der Waals surface area contributed by atoms with Crippen LogP contribution in [-0.2, 0) is 6.42 Å². The fraction of sp³-hybridized carbons (Fsp3) is 0.538. The number of aryl methyl sites for hydroxylation is 2. The molecule has 1 aromatic rings. The molecular formula is C13H18O2. The van der Waals surface area contributed by atoms with Crippen LogP contribution in [0, 0.1) is 6.92 Å². The van der Waals surface area contributed by atoms with Gasteiger partial charge in [-0.2, -0.15) is 0 Å². The average Bonchev–Trinajstić information content (AvgIpc) is 2.20. The SMILES string of the molecule is CCC1(C)CCc2cc(O)cc(C)c2O1. The Bertz CT molecular complexity index is 384. The Hall–Kier alpha value is -1.18. The number of hydrogen-bond donors (Lipinski definition) is 1. The van der Waals surface area contributed by atoms with Gasteiger partial charge in [0.15, 0.2) is 0 Å². The molecule has 82 valence electrons. The number of phenolic OH excluding ortho intramolecular Hbond substituents is 1. The zero-order valence-electron chi connectivity index (χ0n) is 9.63. The highest BCUT2D eigenvalue weighted by atomic mass is 16.5. The highest BCUT2D eigenvalue weighted by Gasteiger charge is 2.30. The standard InChI is InChI=1S/C13H18O2/c1-4-13(3)6-5-10-8-11(14)7-9(2)12(10)15-13/h7-8,14H,4-6H2,1-3H3. The van der Waals surface area contributed by atoms with Crippen molar-refractivity contribution in [1.29, 1.82) is 0 Å². The predicted octanol–water partition coefficient (Wildman–Crippen LogP) is 3.19. The molecule has 2 heteroatoms. The average molecular weight is 206 g/mol. The Morgan fingerprint density at radius 1 is 1.47 bits per heavy atom. The van der Waals surface area contributed by atoms with Crippen molar-refractivity contribution in [2.45, 2.75) is 45.6 Å². The fourth-order valence-electron chi connectivity index (χ4n) is 2.10. The van der Waals surface area contributed by atoms with E-state index in [2.05, 4.69) is 13.8 Å². The first-order valence-electron chi connectivity index (χ1n) is 5.55. The number of benzene rings is 1. The van der Waals surface area contributed by atoms with Gasteiger partial charge in [-0.15, -0.1) is 0 Å². The fourth-order valence-corrected chi connectivity index (χ4v) is 2.10. The van der Waals surface area contributed by atoms with Gasteiger partial charge in [0.1, 0.15) is 17.1 Å². The van der Waals surface area contributed by atoms with Crippen LogP contribution in [0.5, 0.6) is 11.5 Å². The summed E-state index contributed by atoms with van der Waals surface area (Å²) in [4.78, 5) is 0. The maximum atomic E-state index is 9.50.